The summed E-state index contributed by atoms with van der Waals surface area (Å²) in [5.41, 5.74) is 0.975. The van der Waals surface area contributed by atoms with Crippen LogP contribution in [0, 0.1) is 0 Å². The van der Waals surface area contributed by atoms with Crippen molar-refractivity contribution in [1.29, 1.82) is 0 Å². The summed E-state index contributed by atoms with van der Waals surface area (Å²) in [6.07, 6.45) is 0. The van der Waals surface area contributed by atoms with E-state index in [1.165, 1.54) is 0 Å². The van der Waals surface area contributed by atoms with Crippen LogP contribution in [-0.4, -0.2) is 0 Å². The smallest absolute Gasteiger partial charge is 0.0448 e. The van der Waals surface area contributed by atoms with E-state index in [9.17, 15) is 0 Å². The van der Waals surface area contributed by atoms with Gasteiger partial charge in [0.05, 0.1) is 0 Å². The van der Waals surface area contributed by atoms with Crippen molar-refractivity contribution in [2.24, 2.45) is 0 Å². The van der Waals surface area contributed by atoms with Crippen LogP contribution in [-0.2, 0) is 0 Å². The van der Waals surface area contributed by atoms with Crippen molar-refractivity contribution >= 4 is 18.5 Å². The molecule has 0 bridgehead atoms. The lowest BCUT2D eigenvalue weighted by molar-refractivity contribution is 1.69. The van der Waals surface area contributed by atoms with Crippen molar-refractivity contribution in [2.75, 3.05) is 4.72 Å². The average Bonchev–Trinajstić information content (AvgIpc) is 1.90. The van der Waals surface area contributed by atoms with E-state index < -0.39 is 0 Å². The molecule has 41 valence electrons. The van der Waals surface area contributed by atoms with E-state index in [0.29, 0.717) is 0 Å². The quantitative estimate of drug-likeness (QED) is 0.605. The van der Waals surface area contributed by atoms with Crippen LogP contribution < -0.4 is 4.72 Å². The highest BCUT2D eigenvalue weighted by atomic mass is 32.1. The minimum atomic E-state index is 0.975. The Morgan fingerprint density at radius 3 is 2.12 bits per heavy atom. The molecule has 1 N–H and O–H groups in total. The fourth-order valence-electron chi connectivity index (χ4n) is 0.506. The number of para-hydroxylation sites is 1. The van der Waals surface area contributed by atoms with Crippen molar-refractivity contribution in [3.05, 3.63) is 30.3 Å². The Balaban J connectivity index is 2.83. The van der Waals surface area contributed by atoms with Crippen LogP contribution in [0.1, 0.15) is 0 Å². The topological polar surface area (TPSA) is 12.0 Å². The van der Waals surface area contributed by atoms with E-state index in [2.05, 4.69) is 17.5 Å². The van der Waals surface area contributed by atoms with Crippen LogP contribution in [0.5, 0.6) is 0 Å². The van der Waals surface area contributed by atoms with E-state index in [1.807, 2.05) is 30.3 Å². The number of hydrogen-bond acceptors (Lipinski definition) is 1. The molecule has 0 saturated heterocycles. The zero-order valence-electron chi connectivity index (χ0n) is 4.29. The number of rotatable bonds is 1. The second-order valence-electron chi connectivity index (χ2n) is 1.47. The fourth-order valence-corrected chi connectivity index (χ4v) is 0.642. The summed E-state index contributed by atoms with van der Waals surface area (Å²) >= 11 is 4.57. The molecule has 1 aromatic rings. The Bertz CT molecular complexity index is 150. The molecule has 2 heteroatoms. The molecule has 0 aromatic heterocycles. The third-order valence-electron chi connectivity index (χ3n) is 0.892. The summed E-state index contributed by atoms with van der Waals surface area (Å²) in [5, 5.41) is 0. The minimum Gasteiger partial charge on any atom is -0.319 e. The maximum absolute atomic E-state index is 4.57. The molecule has 0 aliphatic rings. The molecule has 8 heavy (non-hydrogen) atoms. The first kappa shape index (κ1) is 5.51. The van der Waals surface area contributed by atoms with Gasteiger partial charge in [0.1, 0.15) is 0 Å². The van der Waals surface area contributed by atoms with E-state index in [0.717, 1.165) is 5.69 Å². The normalized spacial score (nSPS) is 8.62. The van der Waals surface area contributed by atoms with E-state index >= 15 is 0 Å². The fraction of sp³-hybridized carbons (Fsp3) is 0. The average molecular weight is 124 g/mol. The zero-order valence-corrected chi connectivity index (χ0v) is 5.11. The lowest BCUT2D eigenvalue weighted by Gasteiger charge is -1.91. The monoisotopic (exact) mass is 124 g/mol. The first-order chi connectivity index (χ1) is 3.93. The Morgan fingerprint density at radius 1 is 1.12 bits per heavy atom. The molecule has 0 saturated carbocycles. The molecule has 0 unspecified atom stereocenters. The van der Waals surface area contributed by atoms with Crippen LogP contribution in [0.25, 0.3) is 0 Å². The highest BCUT2D eigenvalue weighted by Gasteiger charge is 1.79. The standard InChI is InChI=1S/C6H6NS/c8-7-6-4-2-1-3-5-6/h1-5,7H. The molecule has 0 spiro atoms. The number of hydrogen-bond donors (Lipinski definition) is 1. The summed E-state index contributed by atoms with van der Waals surface area (Å²) in [4.78, 5) is 0. The minimum absolute atomic E-state index is 0.975. The molecular weight excluding hydrogens is 118 g/mol. The third kappa shape index (κ3) is 1.17. The van der Waals surface area contributed by atoms with Gasteiger partial charge in [-0.3, -0.25) is 0 Å². The Kier molecular flexibility index (Phi) is 1.80. The highest BCUT2D eigenvalue weighted by Crippen LogP contribution is 2.04. The van der Waals surface area contributed by atoms with Gasteiger partial charge < -0.3 is 4.72 Å². The molecule has 0 aliphatic heterocycles. The van der Waals surface area contributed by atoms with Crippen molar-refractivity contribution in [2.45, 2.75) is 0 Å². The van der Waals surface area contributed by atoms with Crippen molar-refractivity contribution in [1.82, 2.24) is 0 Å². The van der Waals surface area contributed by atoms with Crippen LogP contribution in [0.4, 0.5) is 5.69 Å². The van der Waals surface area contributed by atoms with Gasteiger partial charge in [-0.05, 0) is 12.1 Å². The predicted octanol–water partition coefficient (Wildman–Crippen LogP) is 2.21. The molecule has 0 atom stereocenters. The summed E-state index contributed by atoms with van der Waals surface area (Å²) < 4.78 is 2.61. The third-order valence-corrected chi connectivity index (χ3v) is 1.13. The summed E-state index contributed by atoms with van der Waals surface area (Å²) in [6, 6.07) is 9.68. The van der Waals surface area contributed by atoms with Gasteiger partial charge in [0.15, 0.2) is 0 Å². The second kappa shape index (κ2) is 2.62. The Morgan fingerprint density at radius 2 is 1.75 bits per heavy atom. The second-order valence-corrected chi connectivity index (χ2v) is 1.67. The van der Waals surface area contributed by atoms with Gasteiger partial charge >= 0.3 is 0 Å². The van der Waals surface area contributed by atoms with Crippen LogP contribution in [0.3, 0.4) is 0 Å². The van der Waals surface area contributed by atoms with Gasteiger partial charge in [0.2, 0.25) is 0 Å². The van der Waals surface area contributed by atoms with Gasteiger partial charge in [-0.25, -0.2) is 0 Å². The largest absolute Gasteiger partial charge is 0.319 e. The van der Waals surface area contributed by atoms with Gasteiger partial charge in [-0.2, -0.15) is 0 Å². The molecule has 0 fully saturated rings. The van der Waals surface area contributed by atoms with E-state index in [-0.39, 0.29) is 0 Å². The summed E-state index contributed by atoms with van der Waals surface area (Å²) in [6.45, 7) is 0. The van der Waals surface area contributed by atoms with Crippen molar-refractivity contribution in [3.8, 4) is 0 Å². The molecule has 1 nitrogen and oxygen atoms in total. The zero-order chi connectivity index (χ0) is 5.82. The van der Waals surface area contributed by atoms with Gasteiger partial charge in [0.25, 0.3) is 0 Å². The SMILES string of the molecule is [S]Nc1ccccc1. The van der Waals surface area contributed by atoms with Gasteiger partial charge in [-0.1, -0.05) is 18.2 Å². The van der Waals surface area contributed by atoms with Crippen LogP contribution in [0.2, 0.25) is 0 Å². The van der Waals surface area contributed by atoms with Gasteiger partial charge in [-0.15, -0.1) is 0 Å². The molecule has 1 rings (SSSR count). The first-order valence-corrected chi connectivity index (χ1v) is 2.77. The summed E-state index contributed by atoms with van der Waals surface area (Å²) in [7, 11) is 0. The lowest BCUT2D eigenvalue weighted by Crippen LogP contribution is -1.75. The van der Waals surface area contributed by atoms with Crippen molar-refractivity contribution in [3.63, 3.8) is 0 Å². The first-order valence-electron chi connectivity index (χ1n) is 2.36. The summed E-state index contributed by atoms with van der Waals surface area (Å²) in [5.74, 6) is 0. The van der Waals surface area contributed by atoms with Crippen molar-refractivity contribution < 1.29 is 0 Å². The highest BCUT2D eigenvalue weighted by molar-refractivity contribution is 7.81. The maximum atomic E-state index is 4.57. The number of benzene rings is 1. The molecule has 0 aliphatic carbocycles. The Hall–Kier alpha value is -0.630. The van der Waals surface area contributed by atoms with E-state index in [1.54, 1.807) is 0 Å². The molecule has 0 amide bonds. The molecule has 0 heterocycles. The van der Waals surface area contributed by atoms with Gasteiger partial charge in [0, 0.05) is 18.5 Å². The maximum Gasteiger partial charge on any atom is 0.0448 e. The molecular formula is C6H6NS. The molecule has 1 aromatic carbocycles. The van der Waals surface area contributed by atoms with Crippen LogP contribution >= 0.6 is 12.8 Å². The Labute approximate surface area is 54.3 Å². The van der Waals surface area contributed by atoms with E-state index in [4.69, 9.17) is 0 Å². The lowest BCUT2D eigenvalue weighted by atomic mass is 10.3. The van der Waals surface area contributed by atoms with Crippen LogP contribution in [0.15, 0.2) is 30.3 Å². The molecule has 1 radical (unpaired) electrons. The number of anilines is 1. The predicted molar refractivity (Wildman–Crippen MR) is 37.7 cm³/mol. The number of nitrogens with one attached hydrogen (secondary N) is 1.